The van der Waals surface area contributed by atoms with E-state index in [9.17, 15) is 13.6 Å². The van der Waals surface area contributed by atoms with Crippen molar-refractivity contribution in [2.24, 2.45) is 0 Å². The lowest BCUT2D eigenvalue weighted by Crippen LogP contribution is -2.49. The van der Waals surface area contributed by atoms with Gasteiger partial charge in [0.1, 0.15) is 5.75 Å². The number of alkyl halides is 2. The first-order chi connectivity index (χ1) is 11.4. The highest BCUT2D eigenvalue weighted by molar-refractivity contribution is 5.78. The minimum absolute atomic E-state index is 0.0195. The average molecular weight is 342 g/mol. The molecule has 1 aliphatic rings. The summed E-state index contributed by atoms with van der Waals surface area (Å²) in [5.74, 6) is 0.113. The van der Waals surface area contributed by atoms with Crippen LogP contribution < -0.4 is 10.1 Å². The Kier molecular flexibility index (Phi) is 6.93. The van der Waals surface area contributed by atoms with Gasteiger partial charge in [0.15, 0.2) is 0 Å². The Hall–Kier alpha value is -1.73. The fraction of sp³-hybridized carbons (Fsp3) is 0.588. The molecule has 1 saturated heterocycles. The first-order valence-electron chi connectivity index (χ1n) is 8.10. The van der Waals surface area contributed by atoms with Gasteiger partial charge in [-0.05, 0) is 38.0 Å². The Labute approximate surface area is 140 Å². The third-order valence-corrected chi connectivity index (χ3v) is 3.75. The van der Waals surface area contributed by atoms with Crippen molar-refractivity contribution in [2.75, 3.05) is 26.2 Å². The van der Waals surface area contributed by atoms with Crippen LogP contribution in [-0.2, 0) is 16.0 Å². The van der Waals surface area contributed by atoms with Gasteiger partial charge < -0.3 is 14.8 Å². The summed E-state index contributed by atoms with van der Waals surface area (Å²) in [5.41, 5.74) is 0.950. The molecular formula is C17H24F2N2O3. The number of hydrogen-bond acceptors (Lipinski definition) is 4. The van der Waals surface area contributed by atoms with Crippen LogP contribution in [0.4, 0.5) is 8.78 Å². The molecule has 0 aliphatic carbocycles. The van der Waals surface area contributed by atoms with Crippen LogP contribution in [0.5, 0.6) is 5.75 Å². The zero-order valence-electron chi connectivity index (χ0n) is 14.0. The molecule has 134 valence electrons. The number of hydrogen-bond donors (Lipinski definition) is 1. The molecule has 1 amide bonds. The van der Waals surface area contributed by atoms with E-state index in [1.165, 1.54) is 12.1 Å². The topological polar surface area (TPSA) is 50.8 Å². The summed E-state index contributed by atoms with van der Waals surface area (Å²) < 4.78 is 34.1. The molecule has 0 bridgehead atoms. The van der Waals surface area contributed by atoms with Crippen molar-refractivity contribution in [1.29, 1.82) is 0 Å². The molecule has 1 aromatic carbocycles. The first-order valence-corrected chi connectivity index (χ1v) is 8.10. The highest BCUT2D eigenvalue weighted by Crippen LogP contribution is 2.15. The quantitative estimate of drug-likeness (QED) is 0.824. The molecular weight excluding hydrogens is 318 g/mol. The van der Waals surface area contributed by atoms with Gasteiger partial charge in [0.2, 0.25) is 5.91 Å². The fourth-order valence-electron chi connectivity index (χ4n) is 2.86. The van der Waals surface area contributed by atoms with Crippen LogP contribution in [0.3, 0.4) is 0 Å². The van der Waals surface area contributed by atoms with Gasteiger partial charge in [-0.1, -0.05) is 12.1 Å². The number of morpholine rings is 1. The van der Waals surface area contributed by atoms with Crippen molar-refractivity contribution >= 4 is 5.91 Å². The third-order valence-electron chi connectivity index (χ3n) is 3.75. The maximum Gasteiger partial charge on any atom is 0.387 e. The van der Waals surface area contributed by atoms with Gasteiger partial charge in [-0.15, -0.1) is 0 Å². The number of benzene rings is 1. The van der Waals surface area contributed by atoms with Crippen LogP contribution in [0.1, 0.15) is 19.4 Å². The van der Waals surface area contributed by atoms with E-state index in [-0.39, 0.29) is 23.9 Å². The van der Waals surface area contributed by atoms with E-state index in [4.69, 9.17) is 4.74 Å². The number of ether oxygens (including phenoxy) is 2. The second-order valence-corrected chi connectivity index (χ2v) is 6.07. The number of carbonyl (C=O) groups is 1. The summed E-state index contributed by atoms with van der Waals surface area (Å²) in [4.78, 5) is 14.1. The SMILES string of the molecule is C[C@H]1CN(CC(=O)NCCc2ccc(OC(F)F)cc2)C[C@H](C)O1. The monoisotopic (exact) mass is 342 g/mol. The van der Waals surface area contributed by atoms with Crippen LogP contribution in [-0.4, -0.2) is 55.8 Å². The number of amides is 1. The molecule has 2 rings (SSSR count). The molecule has 0 spiro atoms. The summed E-state index contributed by atoms with van der Waals surface area (Å²) in [6.45, 7) is 3.56. The van der Waals surface area contributed by atoms with E-state index >= 15 is 0 Å². The molecule has 24 heavy (non-hydrogen) atoms. The van der Waals surface area contributed by atoms with Crippen molar-refractivity contribution in [3.05, 3.63) is 29.8 Å². The largest absolute Gasteiger partial charge is 0.435 e. The molecule has 0 radical (unpaired) electrons. The molecule has 7 heteroatoms. The summed E-state index contributed by atoms with van der Waals surface area (Å²) in [7, 11) is 0. The maximum atomic E-state index is 12.1. The predicted molar refractivity (Wildman–Crippen MR) is 86.2 cm³/mol. The van der Waals surface area contributed by atoms with Gasteiger partial charge in [0.25, 0.3) is 0 Å². The number of halogens is 2. The van der Waals surface area contributed by atoms with E-state index in [2.05, 4.69) is 15.0 Å². The van der Waals surface area contributed by atoms with Gasteiger partial charge in [-0.25, -0.2) is 0 Å². The second-order valence-electron chi connectivity index (χ2n) is 6.07. The molecule has 5 nitrogen and oxygen atoms in total. The van der Waals surface area contributed by atoms with Crippen LogP contribution in [0, 0.1) is 0 Å². The van der Waals surface area contributed by atoms with E-state index in [1.807, 2.05) is 13.8 Å². The van der Waals surface area contributed by atoms with Gasteiger partial charge in [-0.3, -0.25) is 9.69 Å². The first kappa shape index (κ1) is 18.6. The Morgan fingerprint density at radius 3 is 2.50 bits per heavy atom. The summed E-state index contributed by atoms with van der Waals surface area (Å²) in [5, 5.41) is 2.88. The summed E-state index contributed by atoms with van der Waals surface area (Å²) in [6.07, 6.45) is 0.905. The predicted octanol–water partition coefficient (Wildman–Crippen LogP) is 2.06. The Morgan fingerprint density at radius 2 is 1.92 bits per heavy atom. The Bertz CT molecular complexity index is 515. The van der Waals surface area contributed by atoms with Crippen LogP contribution in [0.2, 0.25) is 0 Å². The molecule has 1 heterocycles. The Balaban J connectivity index is 1.68. The van der Waals surface area contributed by atoms with Crippen molar-refractivity contribution < 1.29 is 23.0 Å². The average Bonchev–Trinajstić information content (AvgIpc) is 2.47. The molecule has 1 fully saturated rings. The third kappa shape index (κ3) is 6.41. The normalized spacial score (nSPS) is 21.7. The van der Waals surface area contributed by atoms with Crippen molar-refractivity contribution in [3.8, 4) is 5.75 Å². The second kappa shape index (κ2) is 8.94. The maximum absolute atomic E-state index is 12.1. The smallest absolute Gasteiger partial charge is 0.387 e. The molecule has 1 N–H and O–H groups in total. The highest BCUT2D eigenvalue weighted by Gasteiger charge is 2.23. The number of rotatable bonds is 7. The van der Waals surface area contributed by atoms with Crippen molar-refractivity contribution in [3.63, 3.8) is 0 Å². The van der Waals surface area contributed by atoms with E-state index in [0.717, 1.165) is 18.7 Å². The van der Waals surface area contributed by atoms with Crippen LogP contribution >= 0.6 is 0 Å². The molecule has 2 atom stereocenters. The van der Waals surface area contributed by atoms with Crippen LogP contribution in [0.15, 0.2) is 24.3 Å². The van der Waals surface area contributed by atoms with Gasteiger partial charge >= 0.3 is 6.61 Å². The van der Waals surface area contributed by atoms with E-state index < -0.39 is 6.61 Å². The van der Waals surface area contributed by atoms with Gasteiger partial charge in [0, 0.05) is 19.6 Å². The van der Waals surface area contributed by atoms with E-state index in [0.29, 0.717) is 19.5 Å². The van der Waals surface area contributed by atoms with Gasteiger partial charge in [0.05, 0.1) is 18.8 Å². The van der Waals surface area contributed by atoms with E-state index in [1.54, 1.807) is 12.1 Å². The van der Waals surface area contributed by atoms with Crippen molar-refractivity contribution in [2.45, 2.75) is 39.1 Å². The lowest BCUT2D eigenvalue weighted by atomic mass is 10.1. The van der Waals surface area contributed by atoms with Crippen molar-refractivity contribution in [1.82, 2.24) is 10.2 Å². The van der Waals surface area contributed by atoms with Crippen LogP contribution in [0.25, 0.3) is 0 Å². The fourth-order valence-corrected chi connectivity index (χ4v) is 2.86. The number of nitrogens with one attached hydrogen (secondary N) is 1. The summed E-state index contributed by atoms with van der Waals surface area (Å²) in [6, 6.07) is 6.43. The molecule has 0 saturated carbocycles. The Morgan fingerprint density at radius 1 is 1.29 bits per heavy atom. The summed E-state index contributed by atoms with van der Waals surface area (Å²) >= 11 is 0. The lowest BCUT2D eigenvalue weighted by Gasteiger charge is -2.34. The highest BCUT2D eigenvalue weighted by atomic mass is 19.3. The molecule has 0 unspecified atom stereocenters. The molecule has 1 aliphatic heterocycles. The molecule has 1 aromatic rings. The number of carbonyl (C=O) groups excluding carboxylic acids is 1. The zero-order chi connectivity index (χ0) is 17.5. The standard InChI is InChI=1S/C17H24F2N2O3/c1-12-9-21(10-13(2)23-12)11-16(22)20-8-7-14-3-5-15(6-4-14)24-17(18)19/h3-6,12-13,17H,7-11H2,1-2H3,(H,20,22)/t12-,13-/m0/s1. The number of nitrogens with zero attached hydrogens (tertiary/aromatic N) is 1. The van der Waals surface area contributed by atoms with Gasteiger partial charge in [-0.2, -0.15) is 8.78 Å². The zero-order valence-corrected chi connectivity index (χ0v) is 14.0. The minimum atomic E-state index is -2.82. The molecule has 0 aromatic heterocycles. The minimum Gasteiger partial charge on any atom is -0.435 e. The lowest BCUT2D eigenvalue weighted by molar-refractivity contribution is -0.125.